The number of halogens is 1. The number of rotatable bonds is 7. The highest BCUT2D eigenvalue weighted by atomic mass is 35.5. The standard InChI is InChI=1S/C23H27ClN2O4/c1-2-29-21(27)23(14-17-30-18-8-4-3-5-9-18)12-15-26(16-13-23)22(28)25-20-11-7-6-10-19(20)24/h3-11H,2,12-17H2,1H3,(H,25,28). The summed E-state index contributed by atoms with van der Waals surface area (Å²) >= 11 is 6.13. The van der Waals surface area contributed by atoms with Crippen molar-refractivity contribution < 1.29 is 19.1 Å². The molecule has 3 rings (SSSR count). The normalized spacial score (nSPS) is 15.3. The molecule has 0 aromatic heterocycles. The fourth-order valence-corrected chi connectivity index (χ4v) is 3.80. The number of benzene rings is 2. The Morgan fingerprint density at radius 3 is 2.40 bits per heavy atom. The van der Waals surface area contributed by atoms with Gasteiger partial charge in [0.15, 0.2) is 0 Å². The summed E-state index contributed by atoms with van der Waals surface area (Å²) < 4.78 is 11.2. The van der Waals surface area contributed by atoms with Gasteiger partial charge in [-0.15, -0.1) is 0 Å². The molecule has 160 valence electrons. The molecule has 6 nitrogen and oxygen atoms in total. The summed E-state index contributed by atoms with van der Waals surface area (Å²) in [7, 11) is 0. The maximum atomic E-state index is 12.8. The highest BCUT2D eigenvalue weighted by Gasteiger charge is 2.43. The van der Waals surface area contributed by atoms with Gasteiger partial charge in [0, 0.05) is 13.1 Å². The Hall–Kier alpha value is -2.73. The van der Waals surface area contributed by atoms with Crippen LogP contribution in [0.3, 0.4) is 0 Å². The van der Waals surface area contributed by atoms with Crippen molar-refractivity contribution in [2.45, 2.75) is 26.2 Å². The van der Waals surface area contributed by atoms with Gasteiger partial charge < -0.3 is 19.7 Å². The molecule has 1 fully saturated rings. The van der Waals surface area contributed by atoms with E-state index in [9.17, 15) is 9.59 Å². The van der Waals surface area contributed by atoms with Crippen LogP contribution in [-0.4, -0.2) is 43.2 Å². The fraction of sp³-hybridized carbons (Fsp3) is 0.391. The Labute approximate surface area is 182 Å². The molecule has 0 saturated carbocycles. The number of carbonyl (C=O) groups excluding carboxylic acids is 2. The average molecular weight is 431 g/mol. The molecule has 1 aliphatic heterocycles. The molecule has 2 amide bonds. The Kier molecular flexibility index (Phi) is 7.57. The minimum Gasteiger partial charge on any atom is -0.494 e. The topological polar surface area (TPSA) is 67.9 Å². The smallest absolute Gasteiger partial charge is 0.321 e. The minimum absolute atomic E-state index is 0.215. The average Bonchev–Trinajstić information content (AvgIpc) is 2.76. The Bertz CT molecular complexity index is 851. The van der Waals surface area contributed by atoms with Gasteiger partial charge in [-0.3, -0.25) is 4.79 Å². The zero-order valence-electron chi connectivity index (χ0n) is 17.1. The molecule has 7 heteroatoms. The molecule has 1 saturated heterocycles. The van der Waals surface area contributed by atoms with E-state index in [1.165, 1.54) is 0 Å². The molecule has 1 N–H and O–H groups in total. The van der Waals surface area contributed by atoms with E-state index in [-0.39, 0.29) is 12.0 Å². The van der Waals surface area contributed by atoms with E-state index in [4.69, 9.17) is 21.1 Å². The molecule has 0 aliphatic carbocycles. The number of urea groups is 1. The first-order valence-electron chi connectivity index (χ1n) is 10.2. The summed E-state index contributed by atoms with van der Waals surface area (Å²) in [6.07, 6.45) is 1.60. The maximum Gasteiger partial charge on any atom is 0.321 e. The van der Waals surface area contributed by atoms with Gasteiger partial charge in [0.2, 0.25) is 0 Å². The molecule has 2 aromatic carbocycles. The van der Waals surface area contributed by atoms with E-state index in [1.54, 1.807) is 24.0 Å². The minimum atomic E-state index is -0.647. The molecule has 1 heterocycles. The van der Waals surface area contributed by atoms with Crippen molar-refractivity contribution in [1.82, 2.24) is 4.90 Å². The van der Waals surface area contributed by atoms with Gasteiger partial charge in [-0.1, -0.05) is 41.9 Å². The van der Waals surface area contributed by atoms with Crippen molar-refractivity contribution in [1.29, 1.82) is 0 Å². The highest BCUT2D eigenvalue weighted by Crippen LogP contribution is 2.37. The van der Waals surface area contributed by atoms with Crippen LogP contribution in [0.25, 0.3) is 0 Å². The first-order chi connectivity index (χ1) is 14.5. The van der Waals surface area contributed by atoms with Gasteiger partial charge in [0.1, 0.15) is 5.75 Å². The third-order valence-electron chi connectivity index (χ3n) is 5.42. The lowest BCUT2D eigenvalue weighted by Crippen LogP contribution is -2.49. The van der Waals surface area contributed by atoms with E-state index in [1.807, 2.05) is 42.5 Å². The van der Waals surface area contributed by atoms with Crippen LogP contribution >= 0.6 is 11.6 Å². The van der Waals surface area contributed by atoms with Crippen LogP contribution < -0.4 is 10.1 Å². The van der Waals surface area contributed by atoms with Crippen LogP contribution in [-0.2, 0) is 9.53 Å². The molecule has 1 aliphatic rings. The third-order valence-corrected chi connectivity index (χ3v) is 5.75. The van der Waals surface area contributed by atoms with Crippen molar-refractivity contribution in [3.63, 3.8) is 0 Å². The second-order valence-electron chi connectivity index (χ2n) is 7.31. The number of piperidine rings is 1. The monoisotopic (exact) mass is 430 g/mol. The van der Waals surface area contributed by atoms with Crippen molar-refractivity contribution in [2.24, 2.45) is 5.41 Å². The van der Waals surface area contributed by atoms with Crippen LogP contribution in [0.2, 0.25) is 5.02 Å². The number of anilines is 1. The lowest BCUT2D eigenvalue weighted by atomic mass is 9.76. The van der Waals surface area contributed by atoms with Gasteiger partial charge in [0.25, 0.3) is 0 Å². The summed E-state index contributed by atoms with van der Waals surface area (Å²) in [5.41, 5.74) is -0.0750. The molecule has 0 bridgehead atoms. The highest BCUT2D eigenvalue weighted by molar-refractivity contribution is 6.33. The fourth-order valence-electron chi connectivity index (χ4n) is 3.62. The number of carbonyl (C=O) groups is 2. The van der Waals surface area contributed by atoms with E-state index >= 15 is 0 Å². The SMILES string of the molecule is CCOC(=O)C1(CCOc2ccccc2)CCN(C(=O)Nc2ccccc2Cl)CC1. The Balaban J connectivity index is 1.60. The number of hydrogen-bond acceptors (Lipinski definition) is 4. The molecular formula is C23H27ClN2O4. The number of para-hydroxylation sites is 2. The van der Waals surface area contributed by atoms with Crippen molar-refractivity contribution in [3.05, 3.63) is 59.6 Å². The lowest BCUT2D eigenvalue weighted by Gasteiger charge is -2.39. The van der Waals surface area contributed by atoms with E-state index < -0.39 is 5.41 Å². The van der Waals surface area contributed by atoms with Crippen molar-refractivity contribution in [2.75, 3.05) is 31.6 Å². The number of amides is 2. The second kappa shape index (κ2) is 10.3. The number of esters is 1. The quantitative estimate of drug-likeness (QED) is 0.628. The predicted octanol–water partition coefficient (Wildman–Crippen LogP) is 4.99. The lowest BCUT2D eigenvalue weighted by molar-refractivity contribution is -0.159. The van der Waals surface area contributed by atoms with Gasteiger partial charge in [-0.25, -0.2) is 4.79 Å². The summed E-state index contributed by atoms with van der Waals surface area (Å²) in [5.74, 6) is 0.556. The molecule has 2 aromatic rings. The number of ether oxygens (including phenoxy) is 2. The van der Waals surface area contributed by atoms with Gasteiger partial charge >= 0.3 is 12.0 Å². The first kappa shape index (κ1) is 22.0. The summed E-state index contributed by atoms with van der Waals surface area (Å²) in [6.45, 7) is 3.46. The number of hydrogen-bond donors (Lipinski definition) is 1. The maximum absolute atomic E-state index is 12.8. The molecule has 0 unspecified atom stereocenters. The van der Waals surface area contributed by atoms with Crippen LogP contribution in [0, 0.1) is 5.41 Å². The molecule has 30 heavy (non-hydrogen) atoms. The van der Waals surface area contributed by atoms with Crippen LogP contribution in [0.4, 0.5) is 10.5 Å². The van der Waals surface area contributed by atoms with Gasteiger partial charge in [-0.2, -0.15) is 0 Å². The summed E-state index contributed by atoms with van der Waals surface area (Å²) in [6, 6.07) is 16.4. The van der Waals surface area contributed by atoms with Crippen molar-refractivity contribution in [3.8, 4) is 5.75 Å². The first-order valence-corrected chi connectivity index (χ1v) is 10.6. The number of nitrogens with one attached hydrogen (secondary N) is 1. The molecule has 0 spiro atoms. The van der Waals surface area contributed by atoms with E-state index in [0.29, 0.717) is 56.3 Å². The van der Waals surface area contributed by atoms with Crippen LogP contribution in [0.1, 0.15) is 26.2 Å². The number of likely N-dealkylation sites (tertiary alicyclic amines) is 1. The molecular weight excluding hydrogens is 404 g/mol. The van der Waals surface area contributed by atoms with Crippen molar-refractivity contribution >= 4 is 29.3 Å². The summed E-state index contributed by atoms with van der Waals surface area (Å²) in [4.78, 5) is 27.1. The molecule has 0 atom stereocenters. The van der Waals surface area contributed by atoms with Gasteiger partial charge in [-0.05, 0) is 50.5 Å². The summed E-state index contributed by atoms with van der Waals surface area (Å²) in [5, 5.41) is 3.33. The second-order valence-corrected chi connectivity index (χ2v) is 7.72. The molecule has 0 radical (unpaired) electrons. The van der Waals surface area contributed by atoms with E-state index in [2.05, 4.69) is 5.32 Å². The predicted molar refractivity (Wildman–Crippen MR) is 117 cm³/mol. The van der Waals surface area contributed by atoms with E-state index in [0.717, 1.165) is 5.75 Å². The third kappa shape index (κ3) is 5.45. The number of nitrogens with zero attached hydrogens (tertiary/aromatic N) is 1. The van der Waals surface area contributed by atoms with Crippen LogP contribution in [0.5, 0.6) is 5.75 Å². The van der Waals surface area contributed by atoms with Gasteiger partial charge in [0.05, 0.1) is 29.3 Å². The zero-order valence-corrected chi connectivity index (χ0v) is 17.9. The van der Waals surface area contributed by atoms with Crippen LogP contribution in [0.15, 0.2) is 54.6 Å². The largest absolute Gasteiger partial charge is 0.494 e. The Morgan fingerprint density at radius 1 is 1.07 bits per heavy atom. The zero-order chi connectivity index (χ0) is 21.4. The Morgan fingerprint density at radius 2 is 1.73 bits per heavy atom.